The van der Waals surface area contributed by atoms with Gasteiger partial charge in [0, 0.05) is 6.20 Å². The molecule has 1 saturated carbocycles. The fourth-order valence-corrected chi connectivity index (χ4v) is 2.27. The monoisotopic (exact) mass is 235 g/mol. The molecule has 0 aromatic carbocycles. The zero-order valence-electron chi connectivity index (χ0n) is 10.2. The van der Waals surface area contributed by atoms with Gasteiger partial charge in [0.15, 0.2) is 0 Å². The Morgan fingerprint density at radius 2 is 2.06 bits per heavy atom. The average molecular weight is 235 g/mol. The molecule has 1 aromatic rings. The Labute approximate surface area is 103 Å². The summed E-state index contributed by atoms with van der Waals surface area (Å²) >= 11 is 0. The Balaban J connectivity index is 1.83. The molecule has 1 aliphatic carbocycles. The van der Waals surface area contributed by atoms with E-state index in [1.165, 1.54) is 38.5 Å². The van der Waals surface area contributed by atoms with Crippen molar-refractivity contribution in [3.8, 4) is 0 Å². The van der Waals surface area contributed by atoms with Crippen molar-refractivity contribution in [1.29, 1.82) is 0 Å². The second-order valence-corrected chi connectivity index (χ2v) is 4.62. The van der Waals surface area contributed by atoms with Crippen molar-refractivity contribution in [2.75, 3.05) is 5.43 Å². The summed E-state index contributed by atoms with van der Waals surface area (Å²) in [6.45, 7) is 0.655. The van der Waals surface area contributed by atoms with E-state index in [9.17, 15) is 0 Å². The SMILES string of the molecule is NNc1cc(COC2CCCCCC2)ccn1. The highest BCUT2D eigenvalue weighted by molar-refractivity contribution is 5.35. The molecule has 0 saturated heterocycles. The second kappa shape index (κ2) is 6.57. The third kappa shape index (κ3) is 3.98. The number of nitrogens with one attached hydrogen (secondary N) is 1. The maximum atomic E-state index is 5.95. The van der Waals surface area contributed by atoms with Crippen LogP contribution < -0.4 is 11.3 Å². The molecule has 0 aliphatic heterocycles. The molecule has 4 nitrogen and oxygen atoms in total. The fraction of sp³-hybridized carbons (Fsp3) is 0.615. The lowest BCUT2D eigenvalue weighted by atomic mass is 10.1. The highest BCUT2D eigenvalue weighted by atomic mass is 16.5. The lowest BCUT2D eigenvalue weighted by molar-refractivity contribution is 0.0310. The third-order valence-electron chi connectivity index (χ3n) is 3.26. The Kier molecular flexibility index (Phi) is 4.76. The number of nitrogens with zero attached hydrogens (tertiary/aromatic N) is 1. The Morgan fingerprint density at radius 3 is 2.76 bits per heavy atom. The molecular weight excluding hydrogens is 214 g/mol. The maximum absolute atomic E-state index is 5.95. The van der Waals surface area contributed by atoms with Gasteiger partial charge in [-0.05, 0) is 30.5 Å². The molecule has 4 heteroatoms. The summed E-state index contributed by atoms with van der Waals surface area (Å²) in [6, 6.07) is 3.90. The Hall–Kier alpha value is -1.13. The molecule has 0 unspecified atom stereocenters. The van der Waals surface area contributed by atoms with Crippen LogP contribution in [-0.2, 0) is 11.3 Å². The second-order valence-electron chi connectivity index (χ2n) is 4.62. The van der Waals surface area contributed by atoms with Crippen LogP contribution in [0.4, 0.5) is 5.82 Å². The van der Waals surface area contributed by atoms with Crippen LogP contribution in [0.1, 0.15) is 44.1 Å². The minimum Gasteiger partial charge on any atom is -0.374 e. The molecule has 0 spiro atoms. The van der Waals surface area contributed by atoms with Crippen molar-refractivity contribution < 1.29 is 4.74 Å². The molecule has 0 bridgehead atoms. The predicted octanol–water partition coefficient (Wildman–Crippen LogP) is 2.61. The summed E-state index contributed by atoms with van der Waals surface area (Å²) in [6.07, 6.45) is 9.90. The molecule has 94 valence electrons. The van der Waals surface area contributed by atoms with Gasteiger partial charge in [0.25, 0.3) is 0 Å². The number of ether oxygens (including phenoxy) is 1. The number of hydrazine groups is 1. The van der Waals surface area contributed by atoms with Crippen LogP contribution in [0.25, 0.3) is 0 Å². The van der Waals surface area contributed by atoms with Gasteiger partial charge in [0.1, 0.15) is 5.82 Å². The molecule has 3 N–H and O–H groups in total. The minimum atomic E-state index is 0.431. The number of hydrogen-bond acceptors (Lipinski definition) is 4. The van der Waals surface area contributed by atoms with Crippen molar-refractivity contribution in [1.82, 2.24) is 4.98 Å². The van der Waals surface area contributed by atoms with E-state index in [2.05, 4.69) is 10.4 Å². The van der Waals surface area contributed by atoms with E-state index < -0.39 is 0 Å². The van der Waals surface area contributed by atoms with Crippen LogP contribution >= 0.6 is 0 Å². The summed E-state index contributed by atoms with van der Waals surface area (Å²) in [7, 11) is 0. The number of anilines is 1. The average Bonchev–Trinajstić information content (AvgIpc) is 2.65. The number of nitrogen functional groups attached to an aromatic ring is 1. The molecule has 1 fully saturated rings. The largest absolute Gasteiger partial charge is 0.374 e. The Bertz CT molecular complexity index is 335. The van der Waals surface area contributed by atoms with Gasteiger partial charge in [0.05, 0.1) is 12.7 Å². The molecule has 0 atom stereocenters. The van der Waals surface area contributed by atoms with Crippen LogP contribution in [0.5, 0.6) is 0 Å². The predicted molar refractivity (Wildman–Crippen MR) is 68.3 cm³/mol. The first-order valence-electron chi connectivity index (χ1n) is 6.41. The van der Waals surface area contributed by atoms with Gasteiger partial charge in [-0.1, -0.05) is 25.7 Å². The molecule has 0 radical (unpaired) electrons. The normalized spacial score (nSPS) is 17.7. The zero-order chi connectivity index (χ0) is 11.9. The maximum Gasteiger partial charge on any atom is 0.140 e. The topological polar surface area (TPSA) is 60.2 Å². The Morgan fingerprint density at radius 1 is 1.29 bits per heavy atom. The summed E-state index contributed by atoms with van der Waals surface area (Å²) in [5, 5.41) is 0. The first-order chi connectivity index (χ1) is 8.38. The van der Waals surface area contributed by atoms with E-state index in [1.54, 1.807) is 6.20 Å². The van der Waals surface area contributed by atoms with Gasteiger partial charge in [-0.15, -0.1) is 0 Å². The molecule has 1 aliphatic rings. The van der Waals surface area contributed by atoms with Gasteiger partial charge in [-0.25, -0.2) is 10.8 Å². The third-order valence-corrected chi connectivity index (χ3v) is 3.26. The summed E-state index contributed by atoms with van der Waals surface area (Å²) in [5.41, 5.74) is 3.67. The molecule has 0 amide bonds. The van der Waals surface area contributed by atoms with Crippen molar-refractivity contribution in [3.63, 3.8) is 0 Å². The van der Waals surface area contributed by atoms with Gasteiger partial charge < -0.3 is 10.2 Å². The first-order valence-corrected chi connectivity index (χ1v) is 6.41. The van der Waals surface area contributed by atoms with Crippen LogP contribution in [0.2, 0.25) is 0 Å². The van der Waals surface area contributed by atoms with Crippen molar-refractivity contribution in [2.24, 2.45) is 5.84 Å². The quantitative estimate of drug-likeness (QED) is 0.478. The van der Waals surface area contributed by atoms with Crippen LogP contribution in [0.3, 0.4) is 0 Å². The summed E-state index contributed by atoms with van der Waals surface area (Å²) in [5.74, 6) is 6.01. The molecule has 2 rings (SSSR count). The molecular formula is C13H21N3O. The highest BCUT2D eigenvalue weighted by Crippen LogP contribution is 2.21. The fourth-order valence-electron chi connectivity index (χ4n) is 2.27. The summed E-state index contributed by atoms with van der Waals surface area (Å²) in [4.78, 5) is 4.08. The van der Waals surface area contributed by atoms with E-state index in [4.69, 9.17) is 10.6 Å². The molecule has 1 heterocycles. The number of hydrogen-bond donors (Lipinski definition) is 2. The van der Waals surface area contributed by atoms with E-state index in [1.807, 2.05) is 12.1 Å². The van der Waals surface area contributed by atoms with Gasteiger partial charge in [-0.2, -0.15) is 0 Å². The lowest BCUT2D eigenvalue weighted by Gasteiger charge is -2.15. The smallest absolute Gasteiger partial charge is 0.140 e. The van der Waals surface area contributed by atoms with E-state index in [0.29, 0.717) is 18.5 Å². The van der Waals surface area contributed by atoms with Gasteiger partial charge in [-0.3, -0.25) is 0 Å². The molecule has 1 aromatic heterocycles. The van der Waals surface area contributed by atoms with Crippen molar-refractivity contribution in [3.05, 3.63) is 23.9 Å². The van der Waals surface area contributed by atoms with Crippen LogP contribution in [0, 0.1) is 0 Å². The van der Waals surface area contributed by atoms with Gasteiger partial charge >= 0.3 is 0 Å². The van der Waals surface area contributed by atoms with Crippen molar-refractivity contribution in [2.45, 2.75) is 51.2 Å². The van der Waals surface area contributed by atoms with Crippen LogP contribution in [-0.4, -0.2) is 11.1 Å². The lowest BCUT2D eigenvalue weighted by Crippen LogP contribution is -2.12. The number of pyridine rings is 1. The number of aromatic nitrogens is 1. The highest BCUT2D eigenvalue weighted by Gasteiger charge is 2.12. The van der Waals surface area contributed by atoms with Crippen LogP contribution in [0.15, 0.2) is 18.3 Å². The minimum absolute atomic E-state index is 0.431. The zero-order valence-corrected chi connectivity index (χ0v) is 10.2. The van der Waals surface area contributed by atoms with E-state index in [-0.39, 0.29) is 0 Å². The molecule has 17 heavy (non-hydrogen) atoms. The summed E-state index contributed by atoms with van der Waals surface area (Å²) < 4.78 is 5.95. The van der Waals surface area contributed by atoms with E-state index in [0.717, 1.165) is 5.56 Å². The van der Waals surface area contributed by atoms with Gasteiger partial charge in [0.2, 0.25) is 0 Å². The van der Waals surface area contributed by atoms with E-state index >= 15 is 0 Å². The standard InChI is InChI=1S/C13H21N3O/c14-16-13-9-11(7-8-15-13)10-17-12-5-3-1-2-4-6-12/h7-9,12H,1-6,10,14H2,(H,15,16). The number of rotatable bonds is 4. The van der Waals surface area contributed by atoms with Crippen molar-refractivity contribution >= 4 is 5.82 Å². The first kappa shape index (κ1) is 12.3. The number of nitrogens with two attached hydrogens (primary N) is 1.